The molecule has 0 saturated heterocycles. The van der Waals surface area contributed by atoms with Gasteiger partial charge in [-0.15, -0.1) is 0 Å². The third kappa shape index (κ3) is 2.84. The topological polar surface area (TPSA) is 0 Å². The Morgan fingerprint density at radius 1 is 0.455 bits per heavy atom. The summed E-state index contributed by atoms with van der Waals surface area (Å²) in [7, 11) is 1.27. The molecule has 0 aromatic heterocycles. The Hall–Kier alpha value is -1.57. The first-order chi connectivity index (χ1) is 10.4. The molecule has 0 nitrogen and oxygen atoms in total. The fourth-order valence-electron chi connectivity index (χ4n) is 2.74. The summed E-state index contributed by atoms with van der Waals surface area (Å²) in [5.41, 5.74) is 0. The van der Waals surface area contributed by atoms with Gasteiger partial charge in [0.1, 0.15) is 0 Å². The van der Waals surface area contributed by atoms with Gasteiger partial charge in [0.15, 0.2) is 0 Å². The SMILES string of the molecule is [Li+].c1ccc2c([P-]c3cccc4ccccc34)cccc2c1. The molecule has 0 N–H and O–H groups in total. The summed E-state index contributed by atoms with van der Waals surface area (Å²) in [5, 5.41) is 8.03. The molecular formula is C20H14LiP. The number of benzene rings is 4. The minimum Gasteiger partial charge on any atom is -0.471 e. The van der Waals surface area contributed by atoms with Crippen molar-refractivity contribution >= 4 is 40.7 Å². The van der Waals surface area contributed by atoms with Gasteiger partial charge in [-0.05, 0) is 21.5 Å². The smallest absolute Gasteiger partial charge is 0.471 e. The second kappa shape index (κ2) is 6.68. The van der Waals surface area contributed by atoms with E-state index >= 15 is 0 Å². The van der Waals surface area contributed by atoms with Crippen LogP contribution in [0.4, 0.5) is 0 Å². The van der Waals surface area contributed by atoms with Gasteiger partial charge >= 0.3 is 18.9 Å². The minimum atomic E-state index is 0. The standard InChI is InChI=1S/C20H14P.Li/c1-3-11-17-15(7-1)9-5-13-19(17)21-20-14-6-10-16-8-2-4-12-18(16)20;/h1-14H;/q-1;+1. The van der Waals surface area contributed by atoms with Gasteiger partial charge in [0.05, 0.1) is 0 Å². The summed E-state index contributed by atoms with van der Waals surface area (Å²) in [6, 6.07) is 30.3. The summed E-state index contributed by atoms with van der Waals surface area (Å²) in [6.45, 7) is 0. The molecule has 2 heteroatoms. The van der Waals surface area contributed by atoms with Crippen LogP contribution in [0.5, 0.6) is 0 Å². The van der Waals surface area contributed by atoms with Crippen LogP contribution in [0.25, 0.3) is 21.5 Å². The van der Waals surface area contributed by atoms with E-state index < -0.39 is 0 Å². The average Bonchev–Trinajstić information content (AvgIpc) is 2.56. The van der Waals surface area contributed by atoms with E-state index in [1.54, 1.807) is 0 Å². The van der Waals surface area contributed by atoms with Gasteiger partial charge in [-0.25, -0.2) is 0 Å². The van der Waals surface area contributed by atoms with Gasteiger partial charge in [-0.3, -0.25) is 0 Å². The summed E-state index contributed by atoms with van der Waals surface area (Å²) in [5.74, 6) is 0. The van der Waals surface area contributed by atoms with Crippen molar-refractivity contribution in [3.8, 4) is 0 Å². The first-order valence-electron chi connectivity index (χ1n) is 7.09. The van der Waals surface area contributed by atoms with E-state index in [9.17, 15) is 0 Å². The monoisotopic (exact) mass is 292 g/mol. The molecule has 0 amide bonds. The van der Waals surface area contributed by atoms with Crippen LogP contribution in [0, 0.1) is 0 Å². The van der Waals surface area contributed by atoms with Crippen molar-refractivity contribution in [1.82, 2.24) is 0 Å². The zero-order valence-corrected chi connectivity index (χ0v) is 13.4. The normalized spacial score (nSPS) is 10.5. The fraction of sp³-hybridized carbons (Fsp3) is 0. The molecule has 100 valence electrons. The fourth-order valence-corrected chi connectivity index (χ4v) is 3.97. The third-order valence-electron chi connectivity index (χ3n) is 3.77. The largest absolute Gasteiger partial charge is 1.00 e. The molecule has 0 radical (unpaired) electrons. The van der Waals surface area contributed by atoms with Gasteiger partial charge in [0.2, 0.25) is 0 Å². The van der Waals surface area contributed by atoms with Crippen LogP contribution in [0.1, 0.15) is 0 Å². The van der Waals surface area contributed by atoms with Crippen molar-refractivity contribution in [2.75, 3.05) is 0 Å². The zero-order chi connectivity index (χ0) is 14.1. The summed E-state index contributed by atoms with van der Waals surface area (Å²) < 4.78 is 0. The predicted octanol–water partition coefficient (Wildman–Crippen LogP) is 1.89. The average molecular weight is 292 g/mol. The van der Waals surface area contributed by atoms with Crippen molar-refractivity contribution in [3.05, 3.63) is 84.9 Å². The third-order valence-corrected chi connectivity index (χ3v) is 5.04. The Kier molecular flexibility index (Phi) is 4.65. The van der Waals surface area contributed by atoms with Crippen LogP contribution in [0.15, 0.2) is 84.9 Å². The van der Waals surface area contributed by atoms with Crippen LogP contribution in [-0.4, -0.2) is 0 Å². The maximum absolute atomic E-state index is 2.23. The van der Waals surface area contributed by atoms with E-state index in [-0.39, 0.29) is 18.9 Å². The summed E-state index contributed by atoms with van der Waals surface area (Å²) in [6.07, 6.45) is 0. The Morgan fingerprint density at radius 2 is 0.864 bits per heavy atom. The molecule has 0 aliphatic carbocycles. The van der Waals surface area contributed by atoms with E-state index in [1.165, 1.54) is 40.7 Å². The van der Waals surface area contributed by atoms with Crippen LogP contribution in [0.3, 0.4) is 0 Å². The van der Waals surface area contributed by atoms with E-state index in [1.807, 2.05) is 0 Å². The molecule has 0 atom stereocenters. The van der Waals surface area contributed by atoms with E-state index in [0.717, 1.165) is 0 Å². The van der Waals surface area contributed by atoms with Crippen molar-refractivity contribution in [2.24, 2.45) is 0 Å². The van der Waals surface area contributed by atoms with Crippen molar-refractivity contribution in [1.29, 1.82) is 0 Å². The van der Waals surface area contributed by atoms with Crippen LogP contribution in [0.2, 0.25) is 0 Å². The van der Waals surface area contributed by atoms with Crippen LogP contribution in [-0.2, 0) is 0 Å². The molecule has 22 heavy (non-hydrogen) atoms. The zero-order valence-electron chi connectivity index (χ0n) is 12.5. The Morgan fingerprint density at radius 3 is 1.36 bits per heavy atom. The van der Waals surface area contributed by atoms with Crippen LogP contribution < -0.4 is 29.5 Å². The Balaban J connectivity index is 0.00000144. The molecular weight excluding hydrogens is 278 g/mol. The number of hydrogen-bond acceptors (Lipinski definition) is 0. The van der Waals surface area contributed by atoms with Gasteiger partial charge in [-0.2, -0.15) is 10.6 Å². The molecule has 0 spiro atoms. The maximum Gasteiger partial charge on any atom is 1.00 e. The van der Waals surface area contributed by atoms with Crippen molar-refractivity contribution < 1.29 is 18.9 Å². The second-order valence-corrected chi connectivity index (χ2v) is 6.30. The molecule has 4 aromatic carbocycles. The number of hydrogen-bond donors (Lipinski definition) is 0. The van der Waals surface area contributed by atoms with Gasteiger partial charge < -0.3 is 8.58 Å². The molecule has 0 heterocycles. The molecule has 4 rings (SSSR count). The maximum atomic E-state index is 2.23. The van der Waals surface area contributed by atoms with E-state index in [4.69, 9.17) is 0 Å². The van der Waals surface area contributed by atoms with E-state index in [2.05, 4.69) is 84.9 Å². The Labute approximate surface area is 144 Å². The molecule has 0 aliphatic heterocycles. The van der Waals surface area contributed by atoms with Crippen LogP contribution >= 0.6 is 8.58 Å². The molecule has 4 aromatic rings. The molecule has 0 unspecified atom stereocenters. The van der Waals surface area contributed by atoms with Gasteiger partial charge in [0, 0.05) is 0 Å². The molecule has 0 fully saturated rings. The number of rotatable bonds is 2. The van der Waals surface area contributed by atoms with Crippen molar-refractivity contribution in [2.45, 2.75) is 0 Å². The predicted molar refractivity (Wildman–Crippen MR) is 94.1 cm³/mol. The second-order valence-electron chi connectivity index (χ2n) is 5.11. The minimum absolute atomic E-state index is 0. The van der Waals surface area contributed by atoms with Gasteiger partial charge in [-0.1, -0.05) is 84.9 Å². The first kappa shape index (κ1) is 15.3. The molecule has 0 aliphatic rings. The van der Waals surface area contributed by atoms with Gasteiger partial charge in [0.25, 0.3) is 0 Å². The first-order valence-corrected chi connectivity index (χ1v) is 7.98. The molecule has 0 bridgehead atoms. The Bertz CT molecular complexity index is 843. The van der Waals surface area contributed by atoms with Crippen molar-refractivity contribution in [3.63, 3.8) is 0 Å². The quantitative estimate of drug-likeness (QED) is 0.391. The molecule has 0 saturated carbocycles. The summed E-state index contributed by atoms with van der Waals surface area (Å²) >= 11 is 0. The number of fused-ring (bicyclic) bond motifs is 2. The van der Waals surface area contributed by atoms with E-state index in [0.29, 0.717) is 0 Å². The summed E-state index contributed by atoms with van der Waals surface area (Å²) in [4.78, 5) is 0.